The molecule has 0 amide bonds. The number of nitrogen functional groups attached to an aromatic ring is 1. The lowest BCUT2D eigenvalue weighted by Gasteiger charge is -2.10. The molecule has 0 fully saturated rings. The van der Waals surface area contributed by atoms with Gasteiger partial charge in [-0.2, -0.15) is 0 Å². The van der Waals surface area contributed by atoms with Crippen molar-refractivity contribution < 1.29 is 5.11 Å². The van der Waals surface area contributed by atoms with Gasteiger partial charge in [0.2, 0.25) is 0 Å². The van der Waals surface area contributed by atoms with Crippen molar-refractivity contribution in [3.05, 3.63) is 40.1 Å². The molecule has 3 heteroatoms. The summed E-state index contributed by atoms with van der Waals surface area (Å²) < 4.78 is 0. The number of aryl methyl sites for hydroxylation is 1. The lowest BCUT2D eigenvalue weighted by molar-refractivity contribution is 0.300. The monoisotopic (exact) mass is 233 g/mol. The van der Waals surface area contributed by atoms with Gasteiger partial charge < -0.3 is 10.8 Å². The maximum atomic E-state index is 8.97. The largest absolute Gasteiger partial charge is 0.398 e. The molecule has 0 aliphatic rings. The van der Waals surface area contributed by atoms with E-state index >= 15 is 0 Å². The van der Waals surface area contributed by atoms with Crippen LogP contribution in [0, 0.1) is 6.92 Å². The van der Waals surface area contributed by atoms with Gasteiger partial charge in [-0.1, -0.05) is 18.2 Å². The Morgan fingerprint density at radius 3 is 2.69 bits per heavy atom. The second-order valence-corrected chi connectivity index (χ2v) is 4.86. The Bertz CT molecular complexity index is 490. The van der Waals surface area contributed by atoms with E-state index in [1.807, 2.05) is 18.2 Å². The third kappa shape index (κ3) is 1.96. The number of aliphatic hydroxyl groups is 1. The minimum Gasteiger partial charge on any atom is -0.398 e. The Labute approximate surface area is 99.4 Å². The summed E-state index contributed by atoms with van der Waals surface area (Å²) in [6.45, 7) is 2.23. The van der Waals surface area contributed by atoms with E-state index < -0.39 is 0 Å². The fourth-order valence-electron chi connectivity index (χ4n) is 1.85. The molecule has 0 spiro atoms. The molecule has 0 unspecified atom stereocenters. The zero-order chi connectivity index (χ0) is 11.5. The van der Waals surface area contributed by atoms with Crippen LogP contribution in [-0.4, -0.2) is 11.7 Å². The quantitative estimate of drug-likeness (QED) is 0.801. The van der Waals surface area contributed by atoms with Gasteiger partial charge in [-0.25, -0.2) is 0 Å². The summed E-state index contributed by atoms with van der Waals surface area (Å²) in [6, 6.07) is 8.09. The highest BCUT2D eigenvalue weighted by Crippen LogP contribution is 2.33. The average molecular weight is 233 g/mol. The number of benzene rings is 1. The van der Waals surface area contributed by atoms with E-state index in [0.717, 1.165) is 16.8 Å². The van der Waals surface area contributed by atoms with Crippen LogP contribution in [0.15, 0.2) is 29.6 Å². The van der Waals surface area contributed by atoms with Gasteiger partial charge in [0.1, 0.15) is 0 Å². The summed E-state index contributed by atoms with van der Waals surface area (Å²) in [4.78, 5) is 1.27. The minimum atomic E-state index is 0.135. The van der Waals surface area contributed by atoms with Crippen molar-refractivity contribution in [1.82, 2.24) is 0 Å². The van der Waals surface area contributed by atoms with Crippen LogP contribution in [0.25, 0.3) is 11.1 Å². The third-order valence-electron chi connectivity index (χ3n) is 2.73. The maximum absolute atomic E-state index is 8.97. The van der Waals surface area contributed by atoms with E-state index in [2.05, 4.69) is 18.4 Å². The van der Waals surface area contributed by atoms with Gasteiger partial charge in [-0.3, -0.25) is 0 Å². The molecular weight excluding hydrogens is 218 g/mol. The van der Waals surface area contributed by atoms with Gasteiger partial charge in [-0.15, -0.1) is 11.3 Å². The number of aliphatic hydroxyl groups excluding tert-OH is 1. The van der Waals surface area contributed by atoms with Crippen molar-refractivity contribution in [2.45, 2.75) is 13.3 Å². The van der Waals surface area contributed by atoms with Gasteiger partial charge in [0.15, 0.2) is 0 Å². The zero-order valence-electron chi connectivity index (χ0n) is 9.23. The van der Waals surface area contributed by atoms with Crippen LogP contribution in [0.2, 0.25) is 0 Å². The summed E-state index contributed by atoms with van der Waals surface area (Å²) in [5, 5.41) is 11.0. The normalized spacial score (nSPS) is 10.6. The molecule has 0 radical (unpaired) electrons. The van der Waals surface area contributed by atoms with Gasteiger partial charge >= 0.3 is 0 Å². The predicted octanol–water partition coefficient (Wildman–Crippen LogP) is 2.84. The lowest BCUT2D eigenvalue weighted by atomic mass is 10.00. The van der Waals surface area contributed by atoms with Crippen LogP contribution in [0.1, 0.15) is 10.4 Å². The molecule has 2 rings (SSSR count). The Hall–Kier alpha value is -1.32. The van der Waals surface area contributed by atoms with Crippen LogP contribution in [-0.2, 0) is 6.42 Å². The van der Waals surface area contributed by atoms with Gasteiger partial charge in [0.25, 0.3) is 0 Å². The van der Waals surface area contributed by atoms with Crippen LogP contribution >= 0.6 is 11.3 Å². The number of hydrogen-bond acceptors (Lipinski definition) is 3. The van der Waals surface area contributed by atoms with Crippen LogP contribution < -0.4 is 5.73 Å². The molecule has 84 valence electrons. The van der Waals surface area contributed by atoms with Crippen LogP contribution in [0.4, 0.5) is 5.69 Å². The molecule has 16 heavy (non-hydrogen) atoms. The second-order valence-electron chi connectivity index (χ2n) is 3.74. The standard InChI is InChI=1S/C13H15NOS/c1-9-11(6-8-16-9)12-4-2-3-10(5-7-15)13(12)14/h2-4,6,8,15H,5,7,14H2,1H3. The maximum Gasteiger partial charge on any atom is 0.0472 e. The Morgan fingerprint density at radius 1 is 1.25 bits per heavy atom. The minimum absolute atomic E-state index is 0.135. The molecule has 2 nitrogen and oxygen atoms in total. The van der Waals surface area contributed by atoms with E-state index in [9.17, 15) is 0 Å². The average Bonchev–Trinajstić information content (AvgIpc) is 2.68. The third-order valence-corrected chi connectivity index (χ3v) is 3.57. The summed E-state index contributed by atoms with van der Waals surface area (Å²) in [7, 11) is 0. The SMILES string of the molecule is Cc1sccc1-c1cccc(CCO)c1N. The smallest absolute Gasteiger partial charge is 0.0472 e. The number of rotatable bonds is 3. The van der Waals surface area contributed by atoms with Crippen LogP contribution in [0.5, 0.6) is 0 Å². The number of anilines is 1. The van der Waals surface area contributed by atoms with Gasteiger partial charge in [0, 0.05) is 22.7 Å². The fraction of sp³-hybridized carbons (Fsp3) is 0.231. The number of thiophene rings is 1. The molecule has 1 aromatic heterocycles. The first-order valence-electron chi connectivity index (χ1n) is 5.26. The summed E-state index contributed by atoms with van der Waals surface area (Å²) >= 11 is 1.72. The molecular formula is C13H15NOS. The molecule has 0 saturated heterocycles. The summed E-state index contributed by atoms with van der Waals surface area (Å²) in [5.41, 5.74) is 10.2. The van der Waals surface area contributed by atoms with Crippen molar-refractivity contribution in [2.24, 2.45) is 0 Å². The van der Waals surface area contributed by atoms with Crippen molar-refractivity contribution >= 4 is 17.0 Å². The first-order chi connectivity index (χ1) is 7.74. The Kier molecular flexibility index (Phi) is 3.27. The Balaban J connectivity index is 2.50. The van der Waals surface area contributed by atoms with Gasteiger partial charge in [0.05, 0.1) is 0 Å². The van der Waals surface area contributed by atoms with Crippen molar-refractivity contribution in [1.29, 1.82) is 0 Å². The zero-order valence-corrected chi connectivity index (χ0v) is 10.1. The molecule has 0 aliphatic carbocycles. The predicted molar refractivity (Wildman–Crippen MR) is 69.7 cm³/mol. The molecule has 1 aromatic carbocycles. The summed E-state index contributed by atoms with van der Waals surface area (Å²) in [5.74, 6) is 0. The lowest BCUT2D eigenvalue weighted by Crippen LogP contribution is -1.99. The van der Waals surface area contributed by atoms with E-state index in [4.69, 9.17) is 10.8 Å². The molecule has 2 aromatic rings. The summed E-state index contributed by atoms with van der Waals surface area (Å²) in [6.07, 6.45) is 0.614. The first-order valence-corrected chi connectivity index (χ1v) is 6.14. The number of para-hydroxylation sites is 1. The van der Waals surface area contributed by atoms with E-state index in [1.54, 1.807) is 11.3 Å². The van der Waals surface area contributed by atoms with Crippen LogP contribution in [0.3, 0.4) is 0 Å². The van der Waals surface area contributed by atoms with Gasteiger partial charge in [-0.05, 0) is 35.9 Å². The highest BCUT2D eigenvalue weighted by molar-refractivity contribution is 7.10. The van der Waals surface area contributed by atoms with E-state index in [0.29, 0.717) is 6.42 Å². The molecule has 0 aliphatic heterocycles. The number of hydrogen-bond donors (Lipinski definition) is 2. The molecule has 0 atom stereocenters. The Morgan fingerprint density at radius 2 is 2.06 bits per heavy atom. The van der Waals surface area contributed by atoms with Crippen molar-refractivity contribution in [3.8, 4) is 11.1 Å². The highest BCUT2D eigenvalue weighted by Gasteiger charge is 2.09. The number of nitrogens with two attached hydrogens (primary N) is 1. The molecule has 0 bridgehead atoms. The van der Waals surface area contributed by atoms with Crippen molar-refractivity contribution in [2.75, 3.05) is 12.3 Å². The molecule has 0 saturated carbocycles. The fourth-order valence-corrected chi connectivity index (χ4v) is 2.56. The molecule has 3 N–H and O–H groups in total. The second kappa shape index (κ2) is 4.68. The topological polar surface area (TPSA) is 46.2 Å². The van der Waals surface area contributed by atoms with E-state index in [-0.39, 0.29) is 6.61 Å². The first kappa shape index (κ1) is 11.2. The van der Waals surface area contributed by atoms with Crippen molar-refractivity contribution in [3.63, 3.8) is 0 Å². The van der Waals surface area contributed by atoms with E-state index in [1.165, 1.54) is 10.4 Å². The highest BCUT2D eigenvalue weighted by atomic mass is 32.1. The molecule has 1 heterocycles.